The molecular weight excluding hydrogens is 425 g/mol. The first-order valence-corrected chi connectivity index (χ1v) is 9.16. The summed E-state index contributed by atoms with van der Waals surface area (Å²) < 4.78 is 5.31. The average molecular weight is 459 g/mol. The van der Waals surface area contributed by atoms with Crippen LogP contribution in [0.2, 0.25) is 0 Å². The highest BCUT2D eigenvalue weighted by Crippen LogP contribution is 2.40. The molecule has 0 aliphatic heterocycles. The fourth-order valence-corrected chi connectivity index (χ4v) is 3.64. The van der Waals surface area contributed by atoms with Gasteiger partial charge in [0.25, 0.3) is 0 Å². The highest BCUT2D eigenvalue weighted by atomic mass is 127. The maximum atomic E-state index is 5.31. The number of guanidine groups is 1. The summed E-state index contributed by atoms with van der Waals surface area (Å²) in [5.74, 6) is 0.909. The Hall–Kier alpha value is -0.820. The quantitative estimate of drug-likeness (QED) is 0.352. The Labute approximate surface area is 170 Å². The van der Waals surface area contributed by atoms with Gasteiger partial charge < -0.3 is 15.4 Å². The van der Waals surface area contributed by atoms with Crippen LogP contribution in [0.15, 0.2) is 29.3 Å². The molecule has 1 aromatic rings. The van der Waals surface area contributed by atoms with E-state index in [1.165, 1.54) is 36.8 Å². The van der Waals surface area contributed by atoms with Crippen molar-refractivity contribution in [2.45, 2.75) is 45.4 Å². The van der Waals surface area contributed by atoms with E-state index in [0.717, 1.165) is 38.5 Å². The molecule has 1 saturated carbocycles. The number of ether oxygens (including phenoxy) is 1. The SMILES string of the molecule is CN=C(NCCc1cccc(C)c1)NCC1(CCOC)CCCC1.I. The minimum absolute atomic E-state index is 0. The minimum Gasteiger partial charge on any atom is -0.385 e. The summed E-state index contributed by atoms with van der Waals surface area (Å²) in [6, 6.07) is 8.69. The van der Waals surface area contributed by atoms with Crippen molar-refractivity contribution in [2.24, 2.45) is 10.4 Å². The molecule has 0 unspecified atom stereocenters. The smallest absolute Gasteiger partial charge is 0.191 e. The lowest BCUT2D eigenvalue weighted by molar-refractivity contribution is 0.138. The highest BCUT2D eigenvalue weighted by molar-refractivity contribution is 14.0. The predicted octanol–water partition coefficient (Wildman–Crippen LogP) is 3.92. The van der Waals surface area contributed by atoms with E-state index >= 15 is 0 Å². The van der Waals surface area contributed by atoms with Gasteiger partial charge >= 0.3 is 0 Å². The second kappa shape index (κ2) is 11.7. The molecule has 1 fully saturated rings. The van der Waals surface area contributed by atoms with Gasteiger partial charge in [0, 0.05) is 33.9 Å². The molecule has 4 nitrogen and oxygen atoms in total. The van der Waals surface area contributed by atoms with E-state index in [4.69, 9.17) is 4.74 Å². The molecule has 0 heterocycles. The number of rotatable bonds is 8. The van der Waals surface area contributed by atoms with E-state index in [1.807, 2.05) is 7.05 Å². The number of hydrogen-bond acceptors (Lipinski definition) is 2. The predicted molar refractivity (Wildman–Crippen MR) is 117 cm³/mol. The molecule has 5 heteroatoms. The van der Waals surface area contributed by atoms with Crippen molar-refractivity contribution in [3.05, 3.63) is 35.4 Å². The first-order valence-electron chi connectivity index (χ1n) is 9.16. The number of nitrogens with zero attached hydrogens (tertiary/aromatic N) is 1. The summed E-state index contributed by atoms with van der Waals surface area (Å²) in [7, 11) is 3.64. The average Bonchev–Trinajstić information content (AvgIpc) is 3.05. The zero-order chi connectivity index (χ0) is 17.3. The molecule has 1 aliphatic carbocycles. The summed E-state index contributed by atoms with van der Waals surface area (Å²) in [5.41, 5.74) is 3.06. The second-order valence-electron chi connectivity index (χ2n) is 7.04. The summed E-state index contributed by atoms with van der Waals surface area (Å²) in [6.07, 6.45) is 7.41. The topological polar surface area (TPSA) is 45.7 Å². The maximum absolute atomic E-state index is 5.31. The number of halogens is 1. The van der Waals surface area contributed by atoms with E-state index in [-0.39, 0.29) is 24.0 Å². The fourth-order valence-electron chi connectivity index (χ4n) is 3.64. The standard InChI is InChI=1S/C20H33N3O.HI/c1-17-7-6-8-18(15-17)9-13-22-19(21-2)23-16-20(12-14-24-3)10-4-5-11-20;/h6-8,15H,4-5,9-14,16H2,1-3H3,(H2,21,22,23);1H. The number of aliphatic imine (C=N–C) groups is 1. The van der Waals surface area contributed by atoms with Crippen LogP contribution in [0.25, 0.3) is 0 Å². The zero-order valence-corrected chi connectivity index (χ0v) is 18.3. The first kappa shape index (κ1) is 22.2. The third-order valence-electron chi connectivity index (χ3n) is 5.14. The number of hydrogen-bond donors (Lipinski definition) is 2. The van der Waals surface area contributed by atoms with E-state index in [2.05, 4.69) is 46.8 Å². The Kier molecular flexibility index (Phi) is 10.4. The van der Waals surface area contributed by atoms with Crippen LogP contribution in [0.1, 0.15) is 43.2 Å². The third kappa shape index (κ3) is 7.52. The summed E-state index contributed by atoms with van der Waals surface area (Å²) in [6.45, 7) is 4.87. The molecule has 0 radical (unpaired) electrons. The second-order valence-corrected chi connectivity index (χ2v) is 7.04. The van der Waals surface area contributed by atoms with Crippen molar-refractivity contribution in [2.75, 3.05) is 33.9 Å². The van der Waals surface area contributed by atoms with Crippen LogP contribution in [-0.4, -0.2) is 39.8 Å². The number of benzene rings is 1. The number of nitrogens with one attached hydrogen (secondary N) is 2. The lowest BCUT2D eigenvalue weighted by atomic mass is 9.83. The van der Waals surface area contributed by atoms with Gasteiger partial charge in [-0.3, -0.25) is 4.99 Å². The van der Waals surface area contributed by atoms with Crippen LogP contribution in [0.4, 0.5) is 0 Å². The molecule has 0 spiro atoms. The largest absolute Gasteiger partial charge is 0.385 e. The van der Waals surface area contributed by atoms with Crippen molar-refractivity contribution >= 4 is 29.9 Å². The Morgan fingerprint density at radius 2 is 2.00 bits per heavy atom. The lowest BCUT2D eigenvalue weighted by Gasteiger charge is -2.30. The van der Waals surface area contributed by atoms with Gasteiger partial charge in [-0.05, 0) is 43.6 Å². The van der Waals surface area contributed by atoms with Gasteiger partial charge in [-0.2, -0.15) is 0 Å². The van der Waals surface area contributed by atoms with E-state index < -0.39 is 0 Å². The zero-order valence-electron chi connectivity index (χ0n) is 15.9. The molecule has 0 atom stereocenters. The molecule has 0 aromatic heterocycles. The number of aryl methyl sites for hydroxylation is 1. The van der Waals surface area contributed by atoms with Gasteiger partial charge in [-0.25, -0.2) is 0 Å². The molecule has 25 heavy (non-hydrogen) atoms. The highest BCUT2D eigenvalue weighted by Gasteiger charge is 2.33. The lowest BCUT2D eigenvalue weighted by Crippen LogP contribution is -2.43. The first-order chi connectivity index (χ1) is 11.7. The summed E-state index contributed by atoms with van der Waals surface area (Å²) in [4.78, 5) is 4.37. The van der Waals surface area contributed by atoms with Gasteiger partial charge in [0.15, 0.2) is 5.96 Å². The van der Waals surface area contributed by atoms with Gasteiger partial charge in [0.2, 0.25) is 0 Å². The Bertz CT molecular complexity index is 527. The van der Waals surface area contributed by atoms with Crippen molar-refractivity contribution in [1.82, 2.24) is 10.6 Å². The minimum atomic E-state index is 0. The maximum Gasteiger partial charge on any atom is 0.191 e. The van der Waals surface area contributed by atoms with Crippen LogP contribution in [0, 0.1) is 12.3 Å². The van der Waals surface area contributed by atoms with Crippen molar-refractivity contribution in [1.29, 1.82) is 0 Å². The summed E-state index contributed by atoms with van der Waals surface area (Å²) >= 11 is 0. The van der Waals surface area contributed by atoms with E-state index in [1.54, 1.807) is 7.11 Å². The van der Waals surface area contributed by atoms with Crippen molar-refractivity contribution in [3.63, 3.8) is 0 Å². The molecule has 142 valence electrons. The Balaban J connectivity index is 0.00000312. The van der Waals surface area contributed by atoms with Crippen LogP contribution < -0.4 is 10.6 Å². The molecule has 0 saturated heterocycles. The molecule has 0 amide bonds. The Morgan fingerprint density at radius 1 is 1.24 bits per heavy atom. The molecular formula is C20H34IN3O. The van der Waals surface area contributed by atoms with Gasteiger partial charge in [-0.15, -0.1) is 24.0 Å². The van der Waals surface area contributed by atoms with Crippen LogP contribution in [0.3, 0.4) is 0 Å². The molecule has 2 N–H and O–H groups in total. The van der Waals surface area contributed by atoms with Crippen molar-refractivity contribution in [3.8, 4) is 0 Å². The molecule has 0 bridgehead atoms. The summed E-state index contributed by atoms with van der Waals surface area (Å²) in [5, 5.41) is 6.98. The fraction of sp³-hybridized carbons (Fsp3) is 0.650. The van der Waals surface area contributed by atoms with E-state index in [0.29, 0.717) is 5.41 Å². The van der Waals surface area contributed by atoms with Gasteiger partial charge in [0.1, 0.15) is 0 Å². The van der Waals surface area contributed by atoms with E-state index in [9.17, 15) is 0 Å². The molecule has 1 aliphatic rings. The van der Waals surface area contributed by atoms with Crippen LogP contribution in [0.5, 0.6) is 0 Å². The Morgan fingerprint density at radius 3 is 2.64 bits per heavy atom. The van der Waals surface area contributed by atoms with Gasteiger partial charge in [-0.1, -0.05) is 42.7 Å². The van der Waals surface area contributed by atoms with Crippen LogP contribution in [-0.2, 0) is 11.2 Å². The van der Waals surface area contributed by atoms with Crippen molar-refractivity contribution < 1.29 is 4.74 Å². The van der Waals surface area contributed by atoms with Gasteiger partial charge in [0.05, 0.1) is 0 Å². The number of methoxy groups -OCH3 is 1. The molecule has 2 rings (SSSR count). The monoisotopic (exact) mass is 459 g/mol. The normalized spacial score (nSPS) is 16.4. The van der Waals surface area contributed by atoms with Crippen LogP contribution >= 0.6 is 24.0 Å². The third-order valence-corrected chi connectivity index (χ3v) is 5.14. The molecule has 1 aromatic carbocycles.